The molecule has 2 saturated heterocycles. The summed E-state index contributed by atoms with van der Waals surface area (Å²) in [6, 6.07) is -0.0578. The maximum absolute atomic E-state index is 12.9. The standard InChI is InChI=1S/C16H26N2O2/c1-3-13-15(19)17-9-5-4-6-14(17)16(20)18(13)12-8-7-11(2)10-12/h11-14H,3-10H2,1-2H3. The summed E-state index contributed by atoms with van der Waals surface area (Å²) in [7, 11) is 0. The number of rotatable bonds is 2. The van der Waals surface area contributed by atoms with Crippen molar-refractivity contribution in [3.05, 3.63) is 0 Å². The van der Waals surface area contributed by atoms with Crippen LogP contribution in [0.4, 0.5) is 0 Å². The van der Waals surface area contributed by atoms with E-state index in [0.29, 0.717) is 12.0 Å². The molecule has 4 nitrogen and oxygen atoms in total. The van der Waals surface area contributed by atoms with Gasteiger partial charge in [-0.05, 0) is 50.9 Å². The average Bonchev–Trinajstić information content (AvgIpc) is 2.88. The molecule has 0 radical (unpaired) electrons. The Morgan fingerprint density at radius 2 is 1.90 bits per heavy atom. The van der Waals surface area contributed by atoms with Crippen LogP contribution in [0.2, 0.25) is 0 Å². The molecule has 3 rings (SSSR count). The van der Waals surface area contributed by atoms with Crippen LogP contribution >= 0.6 is 0 Å². The van der Waals surface area contributed by atoms with Crippen LogP contribution in [0.25, 0.3) is 0 Å². The zero-order valence-corrected chi connectivity index (χ0v) is 12.7. The van der Waals surface area contributed by atoms with Crippen molar-refractivity contribution in [2.24, 2.45) is 5.92 Å². The average molecular weight is 278 g/mol. The van der Waals surface area contributed by atoms with Crippen molar-refractivity contribution in [3.8, 4) is 0 Å². The first-order chi connectivity index (χ1) is 9.63. The molecule has 4 unspecified atom stereocenters. The van der Waals surface area contributed by atoms with Gasteiger partial charge in [-0.1, -0.05) is 13.8 Å². The molecule has 3 fully saturated rings. The van der Waals surface area contributed by atoms with Crippen molar-refractivity contribution >= 4 is 11.8 Å². The molecule has 2 amide bonds. The summed E-state index contributed by atoms with van der Waals surface area (Å²) in [6.07, 6.45) is 7.07. The molecule has 0 N–H and O–H groups in total. The van der Waals surface area contributed by atoms with Crippen LogP contribution in [0, 0.1) is 5.92 Å². The van der Waals surface area contributed by atoms with E-state index in [1.807, 2.05) is 16.7 Å². The van der Waals surface area contributed by atoms with Gasteiger partial charge in [0.15, 0.2) is 0 Å². The highest BCUT2D eigenvalue weighted by Gasteiger charge is 2.48. The Balaban J connectivity index is 1.87. The third-order valence-electron chi connectivity index (χ3n) is 5.39. The molecule has 0 bridgehead atoms. The monoisotopic (exact) mass is 278 g/mol. The van der Waals surface area contributed by atoms with Gasteiger partial charge < -0.3 is 9.80 Å². The van der Waals surface area contributed by atoms with Gasteiger partial charge in [0, 0.05) is 12.6 Å². The molecule has 20 heavy (non-hydrogen) atoms. The number of carbonyl (C=O) groups is 2. The Kier molecular flexibility index (Phi) is 3.74. The molecule has 2 heterocycles. The zero-order valence-electron chi connectivity index (χ0n) is 12.7. The van der Waals surface area contributed by atoms with Crippen molar-refractivity contribution in [3.63, 3.8) is 0 Å². The lowest BCUT2D eigenvalue weighted by Gasteiger charge is -2.49. The number of hydrogen-bond donors (Lipinski definition) is 0. The molecule has 0 aromatic heterocycles. The summed E-state index contributed by atoms with van der Waals surface area (Å²) >= 11 is 0. The molecular weight excluding hydrogens is 252 g/mol. The van der Waals surface area contributed by atoms with E-state index in [-0.39, 0.29) is 23.9 Å². The first kappa shape index (κ1) is 13.9. The lowest BCUT2D eigenvalue weighted by Crippen LogP contribution is -2.67. The fraction of sp³-hybridized carbons (Fsp3) is 0.875. The molecule has 112 valence electrons. The zero-order chi connectivity index (χ0) is 14.3. The number of fused-ring (bicyclic) bond motifs is 1. The van der Waals surface area contributed by atoms with Crippen molar-refractivity contribution in [2.45, 2.75) is 76.9 Å². The molecule has 0 aromatic rings. The number of piperazine rings is 1. The van der Waals surface area contributed by atoms with Crippen LogP contribution in [0.1, 0.15) is 58.8 Å². The van der Waals surface area contributed by atoms with Crippen molar-refractivity contribution in [2.75, 3.05) is 6.54 Å². The van der Waals surface area contributed by atoms with Crippen molar-refractivity contribution < 1.29 is 9.59 Å². The molecule has 1 saturated carbocycles. The van der Waals surface area contributed by atoms with Gasteiger partial charge in [0.05, 0.1) is 0 Å². The largest absolute Gasteiger partial charge is 0.329 e. The number of carbonyl (C=O) groups excluding carboxylic acids is 2. The smallest absolute Gasteiger partial charge is 0.246 e. The predicted molar refractivity (Wildman–Crippen MR) is 77.1 cm³/mol. The van der Waals surface area contributed by atoms with E-state index < -0.39 is 0 Å². The Hall–Kier alpha value is -1.06. The summed E-state index contributed by atoms with van der Waals surface area (Å²) in [5.74, 6) is 1.12. The first-order valence-corrected chi connectivity index (χ1v) is 8.26. The van der Waals surface area contributed by atoms with Gasteiger partial charge in [0.25, 0.3) is 0 Å². The van der Waals surface area contributed by atoms with Gasteiger partial charge in [0.2, 0.25) is 11.8 Å². The molecule has 0 aromatic carbocycles. The van der Waals surface area contributed by atoms with Crippen LogP contribution in [-0.4, -0.2) is 46.3 Å². The maximum atomic E-state index is 12.9. The molecule has 3 aliphatic rings. The van der Waals surface area contributed by atoms with Gasteiger partial charge in [-0.3, -0.25) is 9.59 Å². The van der Waals surface area contributed by atoms with Crippen molar-refractivity contribution in [1.82, 2.24) is 9.80 Å². The molecule has 2 aliphatic heterocycles. The summed E-state index contributed by atoms with van der Waals surface area (Å²) < 4.78 is 0. The molecule has 4 atom stereocenters. The minimum atomic E-state index is -0.202. The van der Waals surface area contributed by atoms with Gasteiger partial charge in [0.1, 0.15) is 12.1 Å². The third kappa shape index (κ3) is 2.13. The summed E-state index contributed by atoms with van der Waals surface area (Å²) in [5.41, 5.74) is 0. The first-order valence-electron chi connectivity index (χ1n) is 8.26. The number of nitrogens with zero attached hydrogens (tertiary/aromatic N) is 2. The van der Waals surface area contributed by atoms with Crippen LogP contribution < -0.4 is 0 Å². The third-order valence-corrected chi connectivity index (χ3v) is 5.39. The summed E-state index contributed by atoms with van der Waals surface area (Å²) in [4.78, 5) is 29.5. The Morgan fingerprint density at radius 3 is 2.55 bits per heavy atom. The van der Waals surface area contributed by atoms with Crippen LogP contribution in [0.15, 0.2) is 0 Å². The number of hydrogen-bond acceptors (Lipinski definition) is 2. The minimum absolute atomic E-state index is 0.157. The highest BCUT2D eigenvalue weighted by atomic mass is 16.2. The molecule has 1 aliphatic carbocycles. The van der Waals surface area contributed by atoms with E-state index in [1.165, 1.54) is 6.42 Å². The Bertz CT molecular complexity index is 409. The van der Waals surface area contributed by atoms with E-state index >= 15 is 0 Å². The van der Waals surface area contributed by atoms with E-state index in [0.717, 1.165) is 45.1 Å². The second kappa shape index (κ2) is 5.38. The maximum Gasteiger partial charge on any atom is 0.246 e. The Morgan fingerprint density at radius 1 is 1.10 bits per heavy atom. The van der Waals surface area contributed by atoms with Crippen molar-refractivity contribution in [1.29, 1.82) is 0 Å². The van der Waals surface area contributed by atoms with E-state index in [9.17, 15) is 9.59 Å². The van der Waals surface area contributed by atoms with E-state index in [1.54, 1.807) is 0 Å². The molecule has 4 heteroatoms. The number of amides is 2. The second-order valence-corrected chi connectivity index (χ2v) is 6.78. The van der Waals surface area contributed by atoms with Gasteiger partial charge in [-0.15, -0.1) is 0 Å². The van der Waals surface area contributed by atoms with E-state index in [2.05, 4.69) is 6.92 Å². The van der Waals surface area contributed by atoms with Crippen LogP contribution in [0.5, 0.6) is 0 Å². The van der Waals surface area contributed by atoms with Crippen LogP contribution in [-0.2, 0) is 9.59 Å². The summed E-state index contributed by atoms with van der Waals surface area (Å²) in [5, 5.41) is 0. The lowest BCUT2D eigenvalue weighted by molar-refractivity contribution is -0.166. The van der Waals surface area contributed by atoms with Gasteiger partial charge in [-0.25, -0.2) is 0 Å². The van der Waals surface area contributed by atoms with Gasteiger partial charge >= 0.3 is 0 Å². The highest BCUT2D eigenvalue weighted by molar-refractivity contribution is 5.97. The summed E-state index contributed by atoms with van der Waals surface area (Å²) in [6.45, 7) is 5.07. The van der Waals surface area contributed by atoms with E-state index in [4.69, 9.17) is 0 Å². The topological polar surface area (TPSA) is 40.6 Å². The lowest BCUT2D eigenvalue weighted by atomic mass is 9.92. The minimum Gasteiger partial charge on any atom is -0.329 e. The quantitative estimate of drug-likeness (QED) is 0.777. The SMILES string of the molecule is CCC1C(=O)N2CCCCC2C(=O)N1C1CCC(C)C1. The Labute approximate surface area is 121 Å². The normalized spacial score (nSPS) is 38.3. The number of piperidine rings is 1. The molecular formula is C16H26N2O2. The second-order valence-electron chi connectivity index (χ2n) is 6.78. The van der Waals surface area contributed by atoms with Gasteiger partial charge in [-0.2, -0.15) is 0 Å². The fourth-order valence-corrected chi connectivity index (χ4v) is 4.32. The molecule has 0 spiro atoms. The fourth-order valence-electron chi connectivity index (χ4n) is 4.32. The van der Waals surface area contributed by atoms with Crippen LogP contribution in [0.3, 0.4) is 0 Å². The predicted octanol–water partition coefficient (Wildman–Crippen LogP) is 2.18. The highest BCUT2D eigenvalue weighted by Crippen LogP contribution is 2.35.